The molecule has 0 aromatic heterocycles. The number of primary amides is 1. The third kappa shape index (κ3) is 11.4. The second-order valence-electron chi connectivity index (χ2n) is 7.80. The Morgan fingerprint density at radius 2 is 1.38 bits per heavy atom. The highest BCUT2D eigenvalue weighted by molar-refractivity contribution is 6.03. The lowest BCUT2D eigenvalue weighted by Gasteiger charge is -2.22. The van der Waals surface area contributed by atoms with Crippen LogP contribution in [0.4, 0.5) is 9.59 Å². The van der Waals surface area contributed by atoms with Crippen LogP contribution in [-0.2, 0) is 14.3 Å². The summed E-state index contributed by atoms with van der Waals surface area (Å²) in [4.78, 5) is 38.6. The van der Waals surface area contributed by atoms with Gasteiger partial charge in [-0.2, -0.15) is 4.99 Å². The van der Waals surface area contributed by atoms with E-state index in [0.29, 0.717) is 0 Å². The van der Waals surface area contributed by atoms with Crippen LogP contribution in [0.3, 0.4) is 0 Å². The smallest absolute Gasteiger partial charge is 0.435 e. The van der Waals surface area contributed by atoms with Crippen LogP contribution in [0.2, 0.25) is 0 Å². The molecule has 0 saturated carbocycles. The summed E-state index contributed by atoms with van der Waals surface area (Å²) in [5.74, 6) is -0.826. The van der Waals surface area contributed by atoms with Gasteiger partial charge in [0.1, 0.15) is 17.0 Å². The van der Waals surface area contributed by atoms with E-state index in [9.17, 15) is 14.4 Å². The number of nitrogens with one attached hydrogen (secondary N) is 1. The van der Waals surface area contributed by atoms with Gasteiger partial charge in [-0.15, -0.1) is 0 Å². The monoisotopic (exact) mass is 373 g/mol. The van der Waals surface area contributed by atoms with Crippen molar-refractivity contribution >= 4 is 23.9 Å². The number of rotatable bonds is 5. The summed E-state index contributed by atoms with van der Waals surface area (Å²) in [6.07, 6.45) is -1.44. The van der Waals surface area contributed by atoms with E-state index < -0.39 is 41.4 Å². The largest absolute Gasteiger partial charge is 0.444 e. The lowest BCUT2D eigenvalue weighted by Crippen LogP contribution is -2.47. The van der Waals surface area contributed by atoms with Crippen molar-refractivity contribution in [1.82, 2.24) is 5.32 Å². The van der Waals surface area contributed by atoms with E-state index in [2.05, 4.69) is 10.3 Å². The van der Waals surface area contributed by atoms with E-state index in [1.165, 1.54) is 0 Å². The van der Waals surface area contributed by atoms with Crippen LogP contribution in [0.1, 0.15) is 54.4 Å². The Morgan fingerprint density at radius 1 is 0.923 bits per heavy atom. The Morgan fingerprint density at radius 3 is 1.81 bits per heavy atom. The fourth-order valence-electron chi connectivity index (χ4n) is 1.63. The first-order chi connectivity index (χ1) is 11.6. The Kier molecular flexibility index (Phi) is 8.68. The van der Waals surface area contributed by atoms with Gasteiger partial charge >= 0.3 is 12.2 Å². The van der Waals surface area contributed by atoms with E-state index >= 15 is 0 Å². The van der Waals surface area contributed by atoms with Crippen LogP contribution in [0.5, 0.6) is 0 Å². The minimum absolute atomic E-state index is 0.148. The first-order valence-corrected chi connectivity index (χ1v) is 8.23. The SMILES string of the molecule is CC(C)(C)OC(=O)/N=C(/NC(=O)OC(C)(C)C)C(N)CC[C@@H](N)C(N)=O. The van der Waals surface area contributed by atoms with E-state index in [0.717, 1.165) is 0 Å². The van der Waals surface area contributed by atoms with Crippen molar-refractivity contribution < 1.29 is 23.9 Å². The maximum absolute atomic E-state index is 12.0. The fraction of sp³-hybridized carbons (Fsp3) is 0.750. The molecule has 2 atom stereocenters. The fourth-order valence-corrected chi connectivity index (χ4v) is 1.63. The van der Waals surface area contributed by atoms with Gasteiger partial charge in [-0.1, -0.05) is 0 Å². The zero-order valence-electron chi connectivity index (χ0n) is 16.3. The second kappa shape index (κ2) is 9.48. The van der Waals surface area contributed by atoms with Gasteiger partial charge in [0.15, 0.2) is 0 Å². The molecule has 150 valence electrons. The highest BCUT2D eigenvalue weighted by Gasteiger charge is 2.24. The molecule has 0 heterocycles. The summed E-state index contributed by atoms with van der Waals surface area (Å²) >= 11 is 0. The van der Waals surface area contributed by atoms with E-state index in [4.69, 9.17) is 26.7 Å². The van der Waals surface area contributed by atoms with Crippen LogP contribution in [0, 0.1) is 0 Å². The van der Waals surface area contributed by atoms with Crippen LogP contribution in [0.15, 0.2) is 4.99 Å². The zero-order chi connectivity index (χ0) is 20.7. The number of ether oxygens (including phenoxy) is 2. The molecule has 0 saturated heterocycles. The molecule has 1 unspecified atom stereocenters. The van der Waals surface area contributed by atoms with Gasteiger partial charge in [-0.3, -0.25) is 10.1 Å². The first kappa shape index (κ1) is 23.8. The molecule has 0 fully saturated rings. The number of aliphatic imine (C=N–C) groups is 1. The van der Waals surface area contributed by atoms with Crippen molar-refractivity contribution in [2.24, 2.45) is 22.2 Å². The summed E-state index contributed by atoms with van der Waals surface area (Å²) in [5.41, 5.74) is 15.1. The number of carbonyl (C=O) groups is 3. The molecule has 10 nitrogen and oxygen atoms in total. The van der Waals surface area contributed by atoms with Crippen LogP contribution < -0.4 is 22.5 Å². The van der Waals surface area contributed by atoms with Gasteiger partial charge in [-0.05, 0) is 54.4 Å². The van der Waals surface area contributed by atoms with Crippen molar-refractivity contribution in [3.05, 3.63) is 0 Å². The lowest BCUT2D eigenvalue weighted by molar-refractivity contribution is -0.119. The minimum atomic E-state index is -0.918. The number of amidine groups is 1. The molecule has 0 aromatic carbocycles. The highest BCUT2D eigenvalue weighted by atomic mass is 16.6. The molecule has 0 aliphatic heterocycles. The van der Waals surface area contributed by atoms with Crippen LogP contribution in [-0.4, -0.2) is 47.2 Å². The molecule has 0 spiro atoms. The predicted octanol–water partition coefficient (Wildman–Crippen LogP) is 0.765. The average molecular weight is 373 g/mol. The van der Waals surface area contributed by atoms with Crippen molar-refractivity contribution in [3.63, 3.8) is 0 Å². The molecule has 7 N–H and O–H groups in total. The molecule has 0 rings (SSSR count). The lowest BCUT2D eigenvalue weighted by atomic mass is 10.1. The van der Waals surface area contributed by atoms with Gasteiger partial charge in [-0.25, -0.2) is 9.59 Å². The number of hydrogen-bond donors (Lipinski definition) is 4. The second-order valence-corrected chi connectivity index (χ2v) is 7.80. The maximum atomic E-state index is 12.0. The predicted molar refractivity (Wildman–Crippen MR) is 97.4 cm³/mol. The molecule has 0 bridgehead atoms. The number of nitrogens with two attached hydrogens (primary N) is 3. The van der Waals surface area contributed by atoms with Crippen molar-refractivity contribution in [2.75, 3.05) is 0 Å². The van der Waals surface area contributed by atoms with Crippen molar-refractivity contribution in [3.8, 4) is 0 Å². The topological polar surface area (TPSA) is 172 Å². The van der Waals surface area contributed by atoms with Crippen LogP contribution in [0.25, 0.3) is 0 Å². The Labute approximate surface area is 153 Å². The first-order valence-electron chi connectivity index (χ1n) is 8.23. The van der Waals surface area contributed by atoms with E-state index in [1.54, 1.807) is 41.5 Å². The van der Waals surface area contributed by atoms with Crippen molar-refractivity contribution in [2.45, 2.75) is 77.7 Å². The van der Waals surface area contributed by atoms with E-state index in [-0.39, 0.29) is 18.7 Å². The molecular formula is C16H31N5O5. The molecular weight excluding hydrogens is 342 g/mol. The van der Waals surface area contributed by atoms with E-state index in [1.807, 2.05) is 0 Å². The van der Waals surface area contributed by atoms with Gasteiger partial charge in [0, 0.05) is 0 Å². The summed E-state index contributed by atoms with van der Waals surface area (Å²) in [7, 11) is 0. The minimum Gasteiger partial charge on any atom is -0.444 e. The summed E-state index contributed by atoms with van der Waals surface area (Å²) in [6, 6.07) is -1.79. The Hall–Kier alpha value is -2.20. The third-order valence-electron chi connectivity index (χ3n) is 2.74. The van der Waals surface area contributed by atoms with Crippen LogP contribution >= 0.6 is 0 Å². The third-order valence-corrected chi connectivity index (χ3v) is 2.74. The zero-order valence-corrected chi connectivity index (χ0v) is 16.3. The number of carbonyl (C=O) groups excluding carboxylic acids is 3. The molecule has 0 aliphatic carbocycles. The Balaban J connectivity index is 5.23. The number of amides is 3. The molecule has 0 aromatic rings. The maximum Gasteiger partial charge on any atom is 0.435 e. The quantitative estimate of drug-likeness (QED) is 0.407. The average Bonchev–Trinajstić information content (AvgIpc) is 2.39. The number of alkyl carbamates (subject to hydrolysis) is 1. The molecule has 26 heavy (non-hydrogen) atoms. The molecule has 3 amide bonds. The molecule has 0 aliphatic rings. The highest BCUT2D eigenvalue weighted by Crippen LogP contribution is 2.10. The standard InChI is InChI=1S/C16H31N5O5/c1-15(2,3)25-13(23)20-12(21-14(24)26-16(4,5)6)10(18)8-7-9(17)11(19)22/h9-10H,7-8,17-18H2,1-6H3,(H2,19,22)(H,20,21,23,24)/t9-,10?/m1/s1. The summed E-state index contributed by atoms with van der Waals surface area (Å²) < 4.78 is 10.2. The molecule has 0 radical (unpaired) electrons. The summed E-state index contributed by atoms with van der Waals surface area (Å²) in [6.45, 7) is 10.1. The Bertz CT molecular complexity index is 548. The van der Waals surface area contributed by atoms with Gasteiger partial charge in [0.05, 0.1) is 12.1 Å². The van der Waals surface area contributed by atoms with Crippen molar-refractivity contribution in [1.29, 1.82) is 0 Å². The summed E-state index contributed by atoms with van der Waals surface area (Å²) in [5, 5.41) is 2.35. The normalized spacial score (nSPS) is 15.0. The number of nitrogens with zero attached hydrogens (tertiary/aromatic N) is 1. The number of hydrogen-bond acceptors (Lipinski definition) is 7. The van der Waals surface area contributed by atoms with Gasteiger partial charge < -0.3 is 26.7 Å². The van der Waals surface area contributed by atoms with Gasteiger partial charge in [0.25, 0.3) is 0 Å². The molecule has 10 heteroatoms. The van der Waals surface area contributed by atoms with Gasteiger partial charge in [0.2, 0.25) is 5.91 Å².